The van der Waals surface area contributed by atoms with Gasteiger partial charge in [-0.1, -0.05) is 18.2 Å². The molecule has 0 saturated carbocycles. The van der Waals surface area contributed by atoms with E-state index in [0.29, 0.717) is 18.6 Å². The van der Waals surface area contributed by atoms with Gasteiger partial charge >= 0.3 is 0 Å². The van der Waals surface area contributed by atoms with Crippen molar-refractivity contribution in [2.75, 3.05) is 11.6 Å². The molecule has 26 heavy (non-hydrogen) atoms. The van der Waals surface area contributed by atoms with Crippen molar-refractivity contribution >= 4 is 17.4 Å². The van der Waals surface area contributed by atoms with E-state index in [9.17, 15) is 5.21 Å². The number of hydroxylamine groups is 1. The molecule has 4 heterocycles. The van der Waals surface area contributed by atoms with E-state index in [2.05, 4.69) is 31.6 Å². The Hall–Kier alpha value is -3.52. The van der Waals surface area contributed by atoms with Crippen LogP contribution in [0.4, 0.5) is 5.69 Å². The summed E-state index contributed by atoms with van der Waals surface area (Å²) in [7, 11) is 0. The van der Waals surface area contributed by atoms with Crippen LogP contribution in [0, 0.1) is 0 Å². The first-order chi connectivity index (χ1) is 12.8. The van der Waals surface area contributed by atoms with Gasteiger partial charge in [-0.2, -0.15) is 14.7 Å². The van der Waals surface area contributed by atoms with E-state index < -0.39 is 0 Å². The molecule has 0 aliphatic carbocycles. The SMILES string of the molecule is ON1CC=Cc2cc(Cc3nnc4ccc(-c5cn[nH]c5)nn34)ccc21. The summed E-state index contributed by atoms with van der Waals surface area (Å²) in [6.45, 7) is 0.502. The summed E-state index contributed by atoms with van der Waals surface area (Å²) in [6, 6.07) is 9.75. The molecule has 0 unspecified atom stereocenters. The Labute approximate surface area is 148 Å². The third kappa shape index (κ3) is 2.44. The Morgan fingerprint density at radius 1 is 1.15 bits per heavy atom. The van der Waals surface area contributed by atoms with E-state index in [-0.39, 0.29) is 0 Å². The molecule has 0 saturated heterocycles. The minimum Gasteiger partial charge on any atom is -0.288 e. The maximum Gasteiger partial charge on any atom is 0.177 e. The van der Waals surface area contributed by atoms with Gasteiger partial charge in [-0.3, -0.25) is 15.4 Å². The Kier molecular flexibility index (Phi) is 3.29. The number of hydrogen-bond acceptors (Lipinski definition) is 6. The van der Waals surface area contributed by atoms with Crippen molar-refractivity contribution in [3.8, 4) is 11.3 Å². The number of nitrogens with one attached hydrogen (secondary N) is 1. The van der Waals surface area contributed by atoms with Gasteiger partial charge in [-0.05, 0) is 29.8 Å². The molecule has 0 bridgehead atoms. The number of H-pyrrole nitrogens is 1. The summed E-state index contributed by atoms with van der Waals surface area (Å²) in [5, 5.41) is 31.0. The number of nitrogens with zero attached hydrogens (tertiary/aromatic N) is 6. The fraction of sp³-hybridized carbons (Fsp3) is 0.111. The van der Waals surface area contributed by atoms with Gasteiger partial charge in [0.1, 0.15) is 0 Å². The van der Waals surface area contributed by atoms with Gasteiger partial charge < -0.3 is 0 Å². The van der Waals surface area contributed by atoms with E-state index in [1.807, 2.05) is 36.4 Å². The molecule has 4 aromatic rings. The molecule has 8 heteroatoms. The van der Waals surface area contributed by atoms with E-state index in [0.717, 1.165) is 33.9 Å². The van der Waals surface area contributed by atoms with Crippen LogP contribution in [0.3, 0.4) is 0 Å². The number of rotatable bonds is 3. The number of anilines is 1. The zero-order valence-corrected chi connectivity index (χ0v) is 13.7. The molecule has 1 aromatic carbocycles. The van der Waals surface area contributed by atoms with Crippen LogP contribution in [0.1, 0.15) is 17.0 Å². The lowest BCUT2D eigenvalue weighted by atomic mass is 10.0. The quantitative estimate of drug-likeness (QED) is 0.592. The second kappa shape index (κ2) is 5.78. The third-order valence-corrected chi connectivity index (χ3v) is 4.43. The smallest absolute Gasteiger partial charge is 0.177 e. The van der Waals surface area contributed by atoms with E-state index in [4.69, 9.17) is 0 Å². The van der Waals surface area contributed by atoms with Crippen LogP contribution in [0.5, 0.6) is 0 Å². The Bertz CT molecular complexity index is 1110. The molecule has 3 aromatic heterocycles. The molecule has 5 rings (SSSR count). The lowest BCUT2D eigenvalue weighted by Crippen LogP contribution is -2.21. The predicted molar refractivity (Wildman–Crippen MR) is 95.8 cm³/mol. The summed E-state index contributed by atoms with van der Waals surface area (Å²) in [5.41, 5.74) is 5.28. The van der Waals surface area contributed by atoms with Gasteiger partial charge in [0.2, 0.25) is 0 Å². The second-order valence-electron chi connectivity index (χ2n) is 6.15. The average molecular weight is 345 g/mol. The molecule has 8 nitrogen and oxygen atoms in total. The third-order valence-electron chi connectivity index (χ3n) is 4.43. The number of fused-ring (bicyclic) bond motifs is 2. The van der Waals surface area contributed by atoms with Crippen LogP contribution < -0.4 is 5.06 Å². The van der Waals surface area contributed by atoms with E-state index in [1.54, 1.807) is 16.9 Å². The Balaban J connectivity index is 1.52. The van der Waals surface area contributed by atoms with Crippen molar-refractivity contribution in [3.63, 3.8) is 0 Å². The highest BCUT2D eigenvalue weighted by atomic mass is 16.5. The fourth-order valence-corrected chi connectivity index (χ4v) is 3.13. The molecule has 0 radical (unpaired) electrons. The fourth-order valence-electron chi connectivity index (χ4n) is 3.13. The van der Waals surface area contributed by atoms with Gasteiger partial charge in [-0.25, -0.2) is 0 Å². The van der Waals surface area contributed by atoms with Crippen LogP contribution >= 0.6 is 0 Å². The largest absolute Gasteiger partial charge is 0.288 e. The van der Waals surface area contributed by atoms with Crippen molar-refractivity contribution < 1.29 is 5.21 Å². The van der Waals surface area contributed by atoms with Crippen molar-refractivity contribution in [3.05, 3.63) is 65.8 Å². The highest BCUT2D eigenvalue weighted by Crippen LogP contribution is 2.26. The zero-order valence-electron chi connectivity index (χ0n) is 13.7. The van der Waals surface area contributed by atoms with Gasteiger partial charge in [0.15, 0.2) is 11.5 Å². The van der Waals surface area contributed by atoms with Crippen LogP contribution in [-0.2, 0) is 6.42 Å². The topological polar surface area (TPSA) is 95.2 Å². The van der Waals surface area contributed by atoms with Crippen molar-refractivity contribution in [2.45, 2.75) is 6.42 Å². The molecule has 0 amide bonds. The second-order valence-corrected chi connectivity index (χ2v) is 6.15. The first kappa shape index (κ1) is 14.8. The van der Waals surface area contributed by atoms with Gasteiger partial charge in [0.25, 0.3) is 0 Å². The molecule has 1 aliphatic heterocycles. The zero-order chi connectivity index (χ0) is 17.5. The van der Waals surface area contributed by atoms with Crippen molar-refractivity contribution in [2.24, 2.45) is 0 Å². The number of benzene rings is 1. The Morgan fingerprint density at radius 2 is 2.12 bits per heavy atom. The molecule has 0 atom stereocenters. The summed E-state index contributed by atoms with van der Waals surface area (Å²) in [6.07, 6.45) is 8.07. The van der Waals surface area contributed by atoms with Gasteiger partial charge in [-0.15, -0.1) is 10.2 Å². The summed E-state index contributed by atoms with van der Waals surface area (Å²) in [4.78, 5) is 0. The van der Waals surface area contributed by atoms with Crippen LogP contribution in [0.2, 0.25) is 0 Å². The first-order valence-corrected chi connectivity index (χ1v) is 8.24. The number of aromatic amines is 1. The minimum absolute atomic E-state index is 0.502. The number of hydrogen-bond donors (Lipinski definition) is 2. The molecule has 1 aliphatic rings. The first-order valence-electron chi connectivity index (χ1n) is 8.24. The average Bonchev–Trinajstić information content (AvgIpc) is 3.32. The maximum absolute atomic E-state index is 9.91. The Morgan fingerprint density at radius 3 is 3.00 bits per heavy atom. The van der Waals surface area contributed by atoms with E-state index >= 15 is 0 Å². The highest BCUT2D eigenvalue weighted by Gasteiger charge is 2.14. The molecule has 0 spiro atoms. The lowest BCUT2D eigenvalue weighted by molar-refractivity contribution is 0.265. The summed E-state index contributed by atoms with van der Waals surface area (Å²) >= 11 is 0. The highest BCUT2D eigenvalue weighted by molar-refractivity contribution is 5.70. The number of aromatic nitrogens is 6. The van der Waals surface area contributed by atoms with Crippen LogP contribution in [-0.4, -0.2) is 41.8 Å². The standard InChI is InChI=1S/C18H15N7O/c26-24-7-1-2-13-8-12(3-5-16(13)24)9-18-22-21-17-6-4-15(23-25(17)18)14-10-19-20-11-14/h1-6,8,10-11,26H,7,9H2,(H,19,20). The van der Waals surface area contributed by atoms with Crippen molar-refractivity contribution in [1.82, 2.24) is 30.0 Å². The van der Waals surface area contributed by atoms with Gasteiger partial charge in [0, 0.05) is 23.7 Å². The molecule has 0 fully saturated rings. The molecule has 2 N–H and O–H groups in total. The van der Waals surface area contributed by atoms with Crippen LogP contribution in [0.25, 0.3) is 23.0 Å². The lowest BCUT2D eigenvalue weighted by Gasteiger charge is -2.21. The minimum atomic E-state index is 0.502. The molecule has 128 valence electrons. The summed E-state index contributed by atoms with van der Waals surface area (Å²) < 4.78 is 1.76. The van der Waals surface area contributed by atoms with E-state index in [1.165, 1.54) is 5.06 Å². The molecular weight excluding hydrogens is 330 g/mol. The van der Waals surface area contributed by atoms with Crippen LogP contribution in [0.15, 0.2) is 48.8 Å². The predicted octanol–water partition coefficient (Wildman–Crippen LogP) is 2.33. The van der Waals surface area contributed by atoms with Gasteiger partial charge in [0.05, 0.1) is 24.1 Å². The molecular formula is C18H15N7O. The monoisotopic (exact) mass is 345 g/mol. The maximum atomic E-state index is 9.91. The van der Waals surface area contributed by atoms with Crippen molar-refractivity contribution in [1.29, 1.82) is 0 Å². The normalized spacial score (nSPS) is 13.3. The summed E-state index contributed by atoms with van der Waals surface area (Å²) in [5.74, 6) is 0.755.